The summed E-state index contributed by atoms with van der Waals surface area (Å²) in [5.74, 6) is -7.03. The summed E-state index contributed by atoms with van der Waals surface area (Å²) in [5, 5.41) is 17.4. The van der Waals surface area contributed by atoms with Gasteiger partial charge in [0.25, 0.3) is 11.8 Å². The van der Waals surface area contributed by atoms with Crippen LogP contribution in [0.2, 0.25) is 5.02 Å². The fourth-order valence-electron chi connectivity index (χ4n) is 6.76. The number of ether oxygens (including phenoxy) is 2. The molecule has 2 aliphatic rings. The van der Waals surface area contributed by atoms with Gasteiger partial charge in [-0.25, -0.2) is 19.3 Å². The Bertz CT molecular complexity index is 1790. The van der Waals surface area contributed by atoms with Crippen LogP contribution in [0.25, 0.3) is 0 Å². The summed E-state index contributed by atoms with van der Waals surface area (Å²) < 4.78 is 10.5. The third-order valence-electron chi connectivity index (χ3n) is 9.47. The van der Waals surface area contributed by atoms with Crippen LogP contribution < -0.4 is 16.0 Å². The first-order valence-electron chi connectivity index (χ1n) is 18.9. The number of aliphatic carboxylic acids is 1. The molecule has 1 aliphatic carbocycles. The number of Topliss-reactive ketones (excluding diaryl/α,β-unsaturated/α-hetero) is 1. The number of imide groups is 1. The Labute approximate surface area is 335 Å². The van der Waals surface area contributed by atoms with E-state index in [0.29, 0.717) is 29.8 Å². The SMILES string of the molecule is CCCC(NC(=O)C1CN(Cc2ccc(Cl)cc2)C(=O)N1C(=O)C(NC(=O)OC(C)(C)C)C1CCCCC1)C(=O)C(=O)NCC(=O)O[C@H](C(=O)O)c1ccccc1. The van der Waals surface area contributed by atoms with E-state index in [1.165, 1.54) is 17.0 Å². The van der Waals surface area contributed by atoms with Crippen LogP contribution in [-0.2, 0) is 44.8 Å². The molecule has 16 nitrogen and oxygen atoms in total. The van der Waals surface area contributed by atoms with Gasteiger partial charge in [-0.05, 0) is 63.6 Å². The van der Waals surface area contributed by atoms with Gasteiger partial charge in [0.2, 0.25) is 17.8 Å². The smallest absolute Gasteiger partial charge is 0.408 e. The van der Waals surface area contributed by atoms with Crippen LogP contribution in [0.5, 0.6) is 0 Å². The zero-order valence-electron chi connectivity index (χ0n) is 32.5. The first-order chi connectivity index (χ1) is 27.0. The van der Waals surface area contributed by atoms with Crippen LogP contribution in [0.4, 0.5) is 9.59 Å². The van der Waals surface area contributed by atoms with Crippen LogP contribution in [0.1, 0.15) is 89.9 Å². The fourth-order valence-corrected chi connectivity index (χ4v) is 6.89. The average molecular weight is 812 g/mol. The molecule has 308 valence electrons. The number of carboxylic acids is 1. The minimum absolute atomic E-state index is 0.0000155. The van der Waals surface area contributed by atoms with Crippen LogP contribution in [0.3, 0.4) is 0 Å². The molecule has 4 N–H and O–H groups in total. The van der Waals surface area contributed by atoms with Crippen LogP contribution in [-0.4, -0.2) is 99.3 Å². The molecule has 4 atom stereocenters. The molecule has 6 amide bonds. The number of hydrogen-bond donors (Lipinski definition) is 4. The zero-order chi connectivity index (χ0) is 41.9. The molecule has 2 aromatic carbocycles. The third kappa shape index (κ3) is 12.5. The van der Waals surface area contributed by atoms with Gasteiger partial charge in [-0.3, -0.25) is 24.0 Å². The summed E-state index contributed by atoms with van der Waals surface area (Å²) >= 11 is 6.06. The molecule has 17 heteroatoms. The van der Waals surface area contributed by atoms with E-state index < -0.39 is 83.9 Å². The number of amides is 6. The largest absolute Gasteiger partial charge is 0.478 e. The fraction of sp³-hybridized carbons (Fsp3) is 0.500. The lowest BCUT2D eigenvalue weighted by molar-refractivity contribution is -0.164. The highest BCUT2D eigenvalue weighted by Crippen LogP contribution is 2.30. The van der Waals surface area contributed by atoms with E-state index in [4.69, 9.17) is 21.1 Å². The Kier molecular flexibility index (Phi) is 15.6. The Morgan fingerprint density at radius 1 is 0.930 bits per heavy atom. The lowest BCUT2D eigenvalue weighted by atomic mass is 9.83. The van der Waals surface area contributed by atoms with E-state index in [1.54, 1.807) is 70.2 Å². The highest BCUT2D eigenvalue weighted by molar-refractivity contribution is 6.38. The number of nitrogens with one attached hydrogen (secondary N) is 3. The molecule has 1 aliphatic heterocycles. The number of carboxylic acid groups (broad SMARTS) is 1. The minimum atomic E-state index is -1.66. The Morgan fingerprint density at radius 2 is 1.58 bits per heavy atom. The number of halogens is 1. The predicted molar refractivity (Wildman–Crippen MR) is 205 cm³/mol. The van der Waals surface area contributed by atoms with Crippen molar-refractivity contribution in [2.24, 2.45) is 5.92 Å². The van der Waals surface area contributed by atoms with E-state index in [9.17, 15) is 43.5 Å². The monoisotopic (exact) mass is 811 g/mol. The molecule has 0 spiro atoms. The standard InChI is InChI=1S/C40H50ClN5O11/c1-5-12-28(32(48)35(50)42-21-30(47)56-33(37(52)53)26-15-10-7-11-16-26)43-34(49)29-23-45(22-24-17-19-27(41)20-18-24)39(55)46(29)36(51)31(25-13-8-6-9-14-25)44-38(54)57-40(2,3)4/h7,10-11,15-20,25,28-29,31,33H,5-6,8-9,12-14,21-23H2,1-4H3,(H,42,50)(H,43,49)(H,44,54)(H,52,53)/t28?,29?,31?,33-/m0/s1. The van der Waals surface area contributed by atoms with Gasteiger partial charge < -0.3 is 35.4 Å². The first-order valence-corrected chi connectivity index (χ1v) is 19.3. The molecular formula is C40H50ClN5O11. The first kappa shape index (κ1) is 44.2. The second kappa shape index (κ2) is 20.1. The van der Waals surface area contributed by atoms with Gasteiger partial charge in [-0.1, -0.05) is 86.7 Å². The number of urea groups is 1. The molecule has 1 saturated carbocycles. The van der Waals surface area contributed by atoms with Gasteiger partial charge in [0.05, 0.1) is 12.6 Å². The highest BCUT2D eigenvalue weighted by atomic mass is 35.5. The summed E-state index contributed by atoms with van der Waals surface area (Å²) in [5.41, 5.74) is -0.0476. The summed E-state index contributed by atoms with van der Waals surface area (Å²) in [6.45, 7) is 5.59. The molecule has 1 saturated heterocycles. The van der Waals surface area contributed by atoms with Crippen LogP contribution in [0, 0.1) is 5.92 Å². The van der Waals surface area contributed by atoms with Crippen LogP contribution >= 0.6 is 11.6 Å². The third-order valence-corrected chi connectivity index (χ3v) is 9.72. The number of ketones is 1. The van der Waals surface area contributed by atoms with E-state index in [1.807, 2.05) is 0 Å². The summed E-state index contributed by atoms with van der Waals surface area (Å²) in [7, 11) is 0. The van der Waals surface area contributed by atoms with Gasteiger partial charge in [0, 0.05) is 17.1 Å². The minimum Gasteiger partial charge on any atom is -0.478 e. The van der Waals surface area contributed by atoms with Crippen molar-refractivity contribution < 1.29 is 52.9 Å². The maximum Gasteiger partial charge on any atom is 0.408 e. The number of esters is 1. The molecule has 3 unspecified atom stereocenters. The normalized spacial score (nSPS) is 17.5. The lowest BCUT2D eigenvalue weighted by Crippen LogP contribution is -2.59. The number of carbonyl (C=O) groups excluding carboxylic acids is 7. The maximum absolute atomic E-state index is 14.5. The van der Waals surface area contributed by atoms with Crippen molar-refractivity contribution in [2.75, 3.05) is 13.1 Å². The Morgan fingerprint density at radius 3 is 2.18 bits per heavy atom. The van der Waals surface area contributed by atoms with Crippen molar-refractivity contribution in [1.29, 1.82) is 0 Å². The van der Waals surface area contributed by atoms with E-state index >= 15 is 0 Å². The van der Waals surface area contributed by atoms with Gasteiger partial charge in [0.1, 0.15) is 24.2 Å². The molecule has 2 fully saturated rings. The predicted octanol–water partition coefficient (Wildman–Crippen LogP) is 4.29. The summed E-state index contributed by atoms with van der Waals surface area (Å²) in [4.78, 5) is 109. The second-order valence-electron chi connectivity index (χ2n) is 15.1. The molecule has 1 heterocycles. The number of carbonyl (C=O) groups is 8. The molecule has 57 heavy (non-hydrogen) atoms. The van der Waals surface area contributed by atoms with Crippen molar-refractivity contribution in [3.8, 4) is 0 Å². The second-order valence-corrected chi connectivity index (χ2v) is 15.5. The van der Waals surface area contributed by atoms with E-state index in [2.05, 4.69) is 16.0 Å². The van der Waals surface area contributed by atoms with Crippen molar-refractivity contribution in [1.82, 2.24) is 25.8 Å². The number of hydrogen-bond acceptors (Lipinski definition) is 10. The van der Waals surface area contributed by atoms with E-state index in [-0.39, 0.29) is 31.0 Å². The molecule has 0 aromatic heterocycles. The topological polar surface area (TPSA) is 218 Å². The quantitative estimate of drug-likeness (QED) is 0.139. The molecule has 0 radical (unpaired) electrons. The van der Waals surface area contributed by atoms with Crippen molar-refractivity contribution in [2.45, 2.75) is 109 Å². The van der Waals surface area contributed by atoms with E-state index in [0.717, 1.165) is 24.2 Å². The number of rotatable bonds is 16. The van der Waals surface area contributed by atoms with Crippen molar-refractivity contribution >= 4 is 59.2 Å². The molecular weight excluding hydrogens is 762 g/mol. The number of alkyl carbamates (subject to hydrolysis) is 1. The molecule has 2 aromatic rings. The highest BCUT2D eigenvalue weighted by Gasteiger charge is 2.49. The van der Waals surface area contributed by atoms with Crippen LogP contribution in [0.15, 0.2) is 54.6 Å². The summed E-state index contributed by atoms with van der Waals surface area (Å²) in [6, 6.07) is 9.40. The maximum atomic E-state index is 14.5. The Balaban J connectivity index is 1.54. The number of nitrogens with zero attached hydrogens (tertiary/aromatic N) is 2. The van der Waals surface area contributed by atoms with Gasteiger partial charge >= 0.3 is 24.1 Å². The average Bonchev–Trinajstić information content (AvgIpc) is 3.50. The van der Waals surface area contributed by atoms with Gasteiger partial charge in [-0.15, -0.1) is 0 Å². The summed E-state index contributed by atoms with van der Waals surface area (Å²) in [6.07, 6.45) is 1.46. The lowest BCUT2D eigenvalue weighted by Gasteiger charge is -2.34. The Hall–Kier alpha value is -5.51. The zero-order valence-corrected chi connectivity index (χ0v) is 33.2. The number of benzene rings is 2. The van der Waals surface area contributed by atoms with Crippen molar-refractivity contribution in [3.63, 3.8) is 0 Å². The molecule has 4 rings (SSSR count). The van der Waals surface area contributed by atoms with Crippen molar-refractivity contribution in [3.05, 3.63) is 70.7 Å². The van der Waals surface area contributed by atoms with Gasteiger partial charge in [-0.2, -0.15) is 0 Å². The van der Waals surface area contributed by atoms with Gasteiger partial charge in [0.15, 0.2) is 0 Å². The molecule has 0 bridgehead atoms.